The Kier molecular flexibility index (Phi) is 7.38. The summed E-state index contributed by atoms with van der Waals surface area (Å²) in [4.78, 5) is 30.6. The van der Waals surface area contributed by atoms with Gasteiger partial charge in [0.15, 0.2) is 5.13 Å². The molecule has 3 aromatic rings. The molecular formula is C23H22ClN3O2S. The highest BCUT2D eigenvalue weighted by Gasteiger charge is 2.17. The highest BCUT2D eigenvalue weighted by molar-refractivity contribution is 7.14. The number of hydrogen-bond acceptors (Lipinski definition) is 4. The summed E-state index contributed by atoms with van der Waals surface area (Å²) in [6.07, 6.45) is 3.86. The van der Waals surface area contributed by atoms with Crippen molar-refractivity contribution in [1.29, 1.82) is 0 Å². The van der Waals surface area contributed by atoms with E-state index in [0.29, 0.717) is 15.8 Å². The van der Waals surface area contributed by atoms with Gasteiger partial charge in [-0.3, -0.25) is 14.5 Å². The van der Waals surface area contributed by atoms with Crippen LogP contribution in [-0.4, -0.2) is 16.8 Å². The molecule has 7 heteroatoms. The average Bonchev–Trinajstić information content (AvgIpc) is 3.20. The van der Waals surface area contributed by atoms with Crippen molar-refractivity contribution in [3.8, 4) is 0 Å². The first kappa shape index (κ1) is 21.7. The molecule has 1 aromatic heterocycles. The molecule has 0 radical (unpaired) electrons. The lowest BCUT2D eigenvalue weighted by molar-refractivity contribution is -0.117. The zero-order chi connectivity index (χ0) is 21.5. The van der Waals surface area contributed by atoms with Gasteiger partial charge in [-0.1, -0.05) is 48.9 Å². The molecule has 0 saturated heterocycles. The number of rotatable bonds is 7. The van der Waals surface area contributed by atoms with E-state index in [2.05, 4.69) is 10.3 Å². The van der Waals surface area contributed by atoms with E-state index in [1.807, 2.05) is 66.9 Å². The van der Waals surface area contributed by atoms with Crippen LogP contribution >= 0.6 is 22.9 Å². The summed E-state index contributed by atoms with van der Waals surface area (Å²) in [5, 5.41) is 6.02. The smallest absolute Gasteiger partial charge is 0.244 e. The molecule has 0 aliphatic rings. The maximum atomic E-state index is 12.4. The predicted molar refractivity (Wildman–Crippen MR) is 123 cm³/mol. The Labute approximate surface area is 185 Å². The van der Waals surface area contributed by atoms with Crippen molar-refractivity contribution in [3.05, 3.63) is 82.3 Å². The maximum Gasteiger partial charge on any atom is 0.244 e. The van der Waals surface area contributed by atoms with Crippen LogP contribution in [0.2, 0.25) is 5.02 Å². The van der Waals surface area contributed by atoms with Crippen LogP contribution in [0.5, 0.6) is 0 Å². The molecule has 0 aliphatic carbocycles. The molecule has 1 N–H and O–H groups in total. The van der Waals surface area contributed by atoms with Crippen LogP contribution in [0.25, 0.3) is 6.08 Å². The van der Waals surface area contributed by atoms with E-state index in [1.165, 1.54) is 24.3 Å². The van der Waals surface area contributed by atoms with Gasteiger partial charge in [-0.25, -0.2) is 4.98 Å². The van der Waals surface area contributed by atoms with E-state index < -0.39 is 0 Å². The molecule has 0 bridgehead atoms. The quantitative estimate of drug-likeness (QED) is 0.476. The lowest BCUT2D eigenvalue weighted by atomic mass is 10.0. The van der Waals surface area contributed by atoms with Crippen molar-refractivity contribution >= 4 is 51.6 Å². The number of hydrogen-bond donors (Lipinski definition) is 1. The second kappa shape index (κ2) is 10.2. The van der Waals surface area contributed by atoms with E-state index in [-0.39, 0.29) is 17.9 Å². The number of nitrogens with one attached hydrogen (secondary N) is 1. The second-order valence-corrected chi connectivity index (χ2v) is 7.87. The monoisotopic (exact) mass is 439 g/mol. The molecule has 30 heavy (non-hydrogen) atoms. The summed E-state index contributed by atoms with van der Waals surface area (Å²) >= 11 is 7.28. The largest absolute Gasteiger partial charge is 0.346 e. The van der Waals surface area contributed by atoms with Gasteiger partial charge in [0.2, 0.25) is 11.8 Å². The van der Waals surface area contributed by atoms with Crippen LogP contribution in [0.1, 0.15) is 37.6 Å². The third-order valence-electron chi connectivity index (χ3n) is 4.43. The van der Waals surface area contributed by atoms with E-state index >= 15 is 0 Å². The molecule has 154 valence electrons. The van der Waals surface area contributed by atoms with Crippen molar-refractivity contribution in [2.45, 2.75) is 26.3 Å². The van der Waals surface area contributed by atoms with E-state index in [4.69, 9.17) is 11.6 Å². The van der Waals surface area contributed by atoms with E-state index in [9.17, 15) is 9.59 Å². The number of carbonyl (C=O) groups is 2. The minimum absolute atomic E-state index is 0.100. The number of anilines is 2. The molecule has 1 atom stereocenters. The minimum atomic E-state index is -0.210. The van der Waals surface area contributed by atoms with E-state index in [0.717, 1.165) is 17.7 Å². The minimum Gasteiger partial charge on any atom is -0.346 e. The molecule has 0 fully saturated rings. The van der Waals surface area contributed by atoms with E-state index in [1.54, 1.807) is 11.0 Å². The topological polar surface area (TPSA) is 62.3 Å². The fraction of sp³-hybridized carbons (Fsp3) is 0.174. The van der Waals surface area contributed by atoms with Gasteiger partial charge in [-0.05, 0) is 42.3 Å². The zero-order valence-electron chi connectivity index (χ0n) is 16.7. The zero-order valence-corrected chi connectivity index (χ0v) is 18.3. The summed E-state index contributed by atoms with van der Waals surface area (Å²) in [6.45, 7) is 3.51. The van der Waals surface area contributed by atoms with Crippen LogP contribution in [0, 0.1) is 0 Å². The summed E-state index contributed by atoms with van der Waals surface area (Å²) < 4.78 is 0. The molecule has 1 heterocycles. The van der Waals surface area contributed by atoms with Gasteiger partial charge in [0.25, 0.3) is 0 Å². The van der Waals surface area contributed by atoms with Crippen LogP contribution < -0.4 is 10.2 Å². The summed E-state index contributed by atoms with van der Waals surface area (Å²) in [6, 6.07) is 16.7. The van der Waals surface area contributed by atoms with Crippen LogP contribution in [0.15, 0.2) is 66.1 Å². The molecule has 0 saturated carbocycles. The SMILES string of the molecule is CCC(NC(=O)/C=C/c1csc(N(C(C)=O)c2ccccc2)n1)c1ccc(Cl)cc1. The Morgan fingerprint density at radius 1 is 1.17 bits per heavy atom. The molecule has 3 rings (SSSR count). The summed E-state index contributed by atoms with van der Waals surface area (Å²) in [5.74, 6) is -0.338. The van der Waals surface area contributed by atoms with Crippen molar-refractivity contribution in [1.82, 2.24) is 10.3 Å². The van der Waals surface area contributed by atoms with Gasteiger partial charge in [0.1, 0.15) is 0 Å². The first-order valence-corrected chi connectivity index (χ1v) is 10.8. The van der Waals surface area contributed by atoms with Gasteiger partial charge in [-0.2, -0.15) is 0 Å². The molecule has 0 aliphatic heterocycles. The lowest BCUT2D eigenvalue weighted by Crippen LogP contribution is -2.26. The van der Waals surface area contributed by atoms with Crippen LogP contribution in [-0.2, 0) is 9.59 Å². The Hall–Kier alpha value is -2.96. The van der Waals surface area contributed by atoms with Gasteiger partial charge >= 0.3 is 0 Å². The Balaban J connectivity index is 1.69. The normalized spacial score (nSPS) is 12.0. The fourth-order valence-electron chi connectivity index (χ4n) is 2.96. The fourth-order valence-corrected chi connectivity index (χ4v) is 3.94. The van der Waals surface area contributed by atoms with Gasteiger partial charge in [0, 0.05) is 23.4 Å². The second-order valence-electron chi connectivity index (χ2n) is 6.60. The van der Waals surface area contributed by atoms with Crippen molar-refractivity contribution in [2.24, 2.45) is 0 Å². The Morgan fingerprint density at radius 3 is 2.50 bits per heavy atom. The number of carbonyl (C=O) groups excluding carboxylic acids is 2. The van der Waals surface area contributed by atoms with Gasteiger partial charge in [0.05, 0.1) is 17.4 Å². The standard InChI is InChI=1S/C23H22ClN3O2S/c1-3-21(17-9-11-18(24)12-10-17)26-22(29)14-13-19-15-30-23(25-19)27(16(2)28)20-7-5-4-6-8-20/h4-15,21H,3H2,1-2H3,(H,26,29)/b14-13+. The molecule has 2 aromatic carbocycles. The first-order valence-electron chi connectivity index (χ1n) is 9.53. The molecule has 2 amide bonds. The third-order valence-corrected chi connectivity index (χ3v) is 5.53. The van der Waals surface area contributed by atoms with Crippen molar-refractivity contribution < 1.29 is 9.59 Å². The highest BCUT2D eigenvalue weighted by atomic mass is 35.5. The molecule has 0 spiro atoms. The van der Waals surface area contributed by atoms with Gasteiger partial charge in [-0.15, -0.1) is 11.3 Å². The molecule has 5 nitrogen and oxygen atoms in total. The Bertz CT molecular complexity index is 1030. The van der Waals surface area contributed by atoms with Crippen molar-refractivity contribution in [2.75, 3.05) is 4.90 Å². The first-order chi connectivity index (χ1) is 14.5. The van der Waals surface area contributed by atoms with Crippen LogP contribution in [0.4, 0.5) is 10.8 Å². The average molecular weight is 440 g/mol. The summed E-state index contributed by atoms with van der Waals surface area (Å²) in [7, 11) is 0. The lowest BCUT2D eigenvalue weighted by Gasteiger charge is -2.17. The highest BCUT2D eigenvalue weighted by Crippen LogP contribution is 2.29. The number of benzene rings is 2. The number of thiazole rings is 1. The molecular weight excluding hydrogens is 418 g/mol. The Morgan fingerprint density at radius 2 is 1.87 bits per heavy atom. The number of nitrogens with zero attached hydrogens (tertiary/aromatic N) is 2. The number of halogens is 1. The third kappa shape index (κ3) is 5.55. The molecule has 1 unspecified atom stereocenters. The van der Waals surface area contributed by atoms with Crippen LogP contribution in [0.3, 0.4) is 0 Å². The van der Waals surface area contributed by atoms with Gasteiger partial charge < -0.3 is 5.32 Å². The number of para-hydroxylation sites is 1. The maximum absolute atomic E-state index is 12.4. The predicted octanol–water partition coefficient (Wildman–Crippen LogP) is 5.76. The summed E-state index contributed by atoms with van der Waals surface area (Å²) in [5.41, 5.74) is 2.37. The number of amides is 2. The number of aromatic nitrogens is 1. The van der Waals surface area contributed by atoms with Crippen molar-refractivity contribution in [3.63, 3.8) is 0 Å².